The first kappa shape index (κ1) is 13.7. The van der Waals surface area contributed by atoms with E-state index in [1.54, 1.807) is 6.20 Å². The Kier molecular flexibility index (Phi) is 4.21. The first-order valence-electron chi connectivity index (χ1n) is 5.79. The third-order valence-corrected chi connectivity index (χ3v) is 4.33. The van der Waals surface area contributed by atoms with E-state index < -0.39 is 0 Å². The highest BCUT2D eigenvalue weighted by Crippen LogP contribution is 2.24. The standard InChI is InChI=1S/C12H14ClIN4/c1-4-9-10(14)11(13)17-12(16-9)8-5-15-18(6-8)7(2)3/h5-7H,4H2,1-3H3. The SMILES string of the molecule is CCc1nc(-c2cnn(C(C)C)c2)nc(Cl)c1I. The summed E-state index contributed by atoms with van der Waals surface area (Å²) in [4.78, 5) is 8.86. The molecule has 6 heteroatoms. The zero-order chi connectivity index (χ0) is 13.3. The molecule has 0 unspecified atom stereocenters. The van der Waals surface area contributed by atoms with Gasteiger partial charge in [-0.25, -0.2) is 9.97 Å². The molecule has 0 saturated heterocycles. The van der Waals surface area contributed by atoms with E-state index in [1.165, 1.54) is 0 Å². The molecule has 0 saturated carbocycles. The van der Waals surface area contributed by atoms with E-state index in [0.717, 1.165) is 21.2 Å². The number of aryl methyl sites for hydroxylation is 1. The van der Waals surface area contributed by atoms with E-state index in [4.69, 9.17) is 11.6 Å². The summed E-state index contributed by atoms with van der Waals surface area (Å²) in [5.74, 6) is 0.643. The second-order valence-electron chi connectivity index (χ2n) is 4.26. The molecule has 2 heterocycles. The second kappa shape index (κ2) is 5.52. The van der Waals surface area contributed by atoms with Crippen LogP contribution < -0.4 is 0 Å². The maximum absolute atomic E-state index is 6.13. The van der Waals surface area contributed by atoms with E-state index in [1.807, 2.05) is 10.9 Å². The van der Waals surface area contributed by atoms with E-state index in [0.29, 0.717) is 17.0 Å². The average molecular weight is 377 g/mol. The van der Waals surface area contributed by atoms with Crippen molar-refractivity contribution >= 4 is 34.2 Å². The van der Waals surface area contributed by atoms with Gasteiger partial charge in [0.1, 0.15) is 5.15 Å². The van der Waals surface area contributed by atoms with Crippen molar-refractivity contribution < 1.29 is 0 Å². The fourth-order valence-electron chi connectivity index (χ4n) is 1.56. The molecular formula is C12H14ClIN4. The highest BCUT2D eigenvalue weighted by Gasteiger charge is 2.12. The van der Waals surface area contributed by atoms with Crippen LogP contribution in [-0.4, -0.2) is 19.7 Å². The number of halogens is 2. The molecule has 0 aliphatic heterocycles. The summed E-state index contributed by atoms with van der Waals surface area (Å²) in [6.45, 7) is 6.22. The Morgan fingerprint density at radius 1 is 1.39 bits per heavy atom. The third kappa shape index (κ3) is 2.66. The molecule has 0 aliphatic rings. The molecule has 4 nitrogen and oxygen atoms in total. The molecule has 0 bridgehead atoms. The molecule has 0 aliphatic carbocycles. The van der Waals surface area contributed by atoms with Crippen molar-refractivity contribution in [2.45, 2.75) is 33.2 Å². The smallest absolute Gasteiger partial charge is 0.164 e. The summed E-state index contributed by atoms with van der Waals surface area (Å²) in [6.07, 6.45) is 4.56. The maximum Gasteiger partial charge on any atom is 0.164 e. The normalized spacial score (nSPS) is 11.2. The molecule has 0 spiro atoms. The lowest BCUT2D eigenvalue weighted by molar-refractivity contribution is 0.532. The van der Waals surface area contributed by atoms with Crippen LogP contribution in [0.15, 0.2) is 12.4 Å². The van der Waals surface area contributed by atoms with Gasteiger partial charge in [0.05, 0.1) is 21.0 Å². The van der Waals surface area contributed by atoms with Crippen LogP contribution in [-0.2, 0) is 6.42 Å². The third-order valence-electron chi connectivity index (χ3n) is 2.60. The zero-order valence-electron chi connectivity index (χ0n) is 10.5. The molecule has 18 heavy (non-hydrogen) atoms. The van der Waals surface area contributed by atoms with Crippen LogP contribution in [0.2, 0.25) is 5.15 Å². The lowest BCUT2D eigenvalue weighted by Gasteiger charge is -2.05. The summed E-state index contributed by atoms with van der Waals surface area (Å²) >= 11 is 8.31. The Morgan fingerprint density at radius 2 is 2.11 bits per heavy atom. The maximum atomic E-state index is 6.13. The quantitative estimate of drug-likeness (QED) is 0.605. The highest BCUT2D eigenvalue weighted by atomic mass is 127. The topological polar surface area (TPSA) is 43.6 Å². The van der Waals surface area contributed by atoms with Crippen molar-refractivity contribution in [2.75, 3.05) is 0 Å². The first-order valence-corrected chi connectivity index (χ1v) is 7.25. The van der Waals surface area contributed by atoms with Gasteiger partial charge < -0.3 is 0 Å². The number of hydrogen-bond acceptors (Lipinski definition) is 3. The van der Waals surface area contributed by atoms with Crippen molar-refractivity contribution in [2.24, 2.45) is 0 Å². The number of rotatable bonds is 3. The van der Waals surface area contributed by atoms with Gasteiger partial charge in [-0.1, -0.05) is 18.5 Å². The van der Waals surface area contributed by atoms with Crippen LogP contribution >= 0.6 is 34.2 Å². The van der Waals surface area contributed by atoms with Crippen molar-refractivity contribution in [1.29, 1.82) is 0 Å². The van der Waals surface area contributed by atoms with Gasteiger partial charge in [-0.15, -0.1) is 0 Å². The highest BCUT2D eigenvalue weighted by molar-refractivity contribution is 14.1. The van der Waals surface area contributed by atoms with Gasteiger partial charge in [0.2, 0.25) is 0 Å². The Morgan fingerprint density at radius 3 is 2.67 bits per heavy atom. The lowest BCUT2D eigenvalue weighted by Crippen LogP contribution is -2.00. The summed E-state index contributed by atoms with van der Waals surface area (Å²) in [6, 6.07) is 0.323. The van der Waals surface area contributed by atoms with Gasteiger partial charge >= 0.3 is 0 Å². The van der Waals surface area contributed by atoms with Crippen molar-refractivity contribution in [3.63, 3.8) is 0 Å². The molecule has 96 valence electrons. The van der Waals surface area contributed by atoms with Crippen molar-refractivity contribution in [3.8, 4) is 11.4 Å². The van der Waals surface area contributed by atoms with Crippen molar-refractivity contribution in [1.82, 2.24) is 19.7 Å². The molecule has 0 radical (unpaired) electrons. The van der Waals surface area contributed by atoms with Crippen LogP contribution in [0.5, 0.6) is 0 Å². The van der Waals surface area contributed by atoms with Crippen LogP contribution in [0.3, 0.4) is 0 Å². The van der Waals surface area contributed by atoms with Crippen LogP contribution in [0, 0.1) is 3.57 Å². The average Bonchev–Trinajstić information content (AvgIpc) is 2.82. The van der Waals surface area contributed by atoms with E-state index >= 15 is 0 Å². The molecule has 2 aromatic rings. The van der Waals surface area contributed by atoms with Crippen LogP contribution in [0.1, 0.15) is 32.5 Å². The minimum absolute atomic E-state index is 0.323. The Balaban J connectivity index is 2.47. The van der Waals surface area contributed by atoms with Gasteiger partial charge in [-0.05, 0) is 42.9 Å². The molecule has 0 aromatic carbocycles. The first-order chi connectivity index (χ1) is 8.52. The van der Waals surface area contributed by atoms with E-state index in [-0.39, 0.29) is 0 Å². The van der Waals surface area contributed by atoms with Gasteiger partial charge in [0.15, 0.2) is 5.82 Å². The van der Waals surface area contributed by atoms with Crippen molar-refractivity contribution in [3.05, 3.63) is 26.8 Å². The van der Waals surface area contributed by atoms with Gasteiger partial charge in [-0.2, -0.15) is 5.10 Å². The summed E-state index contributed by atoms with van der Waals surface area (Å²) in [7, 11) is 0. The van der Waals surface area contributed by atoms with Crippen LogP contribution in [0.4, 0.5) is 0 Å². The number of aromatic nitrogens is 4. The molecule has 0 amide bonds. The minimum atomic E-state index is 0.323. The molecule has 0 N–H and O–H groups in total. The number of hydrogen-bond donors (Lipinski definition) is 0. The molecule has 2 aromatic heterocycles. The summed E-state index contributed by atoms with van der Waals surface area (Å²) in [5, 5.41) is 4.80. The van der Waals surface area contributed by atoms with Gasteiger partial charge in [0.25, 0.3) is 0 Å². The number of nitrogens with zero attached hydrogens (tertiary/aromatic N) is 4. The van der Waals surface area contributed by atoms with Gasteiger partial charge in [-0.3, -0.25) is 4.68 Å². The van der Waals surface area contributed by atoms with Crippen LogP contribution in [0.25, 0.3) is 11.4 Å². The zero-order valence-corrected chi connectivity index (χ0v) is 13.4. The predicted octanol–water partition coefficient (Wildman–Crippen LogP) is 3.74. The lowest BCUT2D eigenvalue weighted by atomic mass is 10.3. The Hall–Kier alpha value is -0.690. The minimum Gasteiger partial charge on any atom is -0.270 e. The van der Waals surface area contributed by atoms with Gasteiger partial charge in [0, 0.05) is 12.2 Å². The fourth-order valence-corrected chi connectivity index (χ4v) is 2.37. The molecule has 0 fully saturated rings. The Bertz CT molecular complexity index is 565. The van der Waals surface area contributed by atoms with E-state index in [9.17, 15) is 0 Å². The molecule has 2 rings (SSSR count). The largest absolute Gasteiger partial charge is 0.270 e. The summed E-state index contributed by atoms with van der Waals surface area (Å²) < 4.78 is 2.81. The fraction of sp³-hybridized carbons (Fsp3) is 0.417. The molecular weight excluding hydrogens is 363 g/mol. The summed E-state index contributed by atoms with van der Waals surface area (Å²) in [5.41, 5.74) is 1.87. The van der Waals surface area contributed by atoms with E-state index in [2.05, 4.69) is 58.4 Å². The predicted molar refractivity (Wildman–Crippen MR) is 80.7 cm³/mol. The monoisotopic (exact) mass is 376 g/mol. The Labute approximate surface area is 125 Å². The second-order valence-corrected chi connectivity index (χ2v) is 5.69. The molecule has 0 atom stereocenters.